The number of hydrogen-bond acceptors (Lipinski definition) is 3. The summed E-state index contributed by atoms with van der Waals surface area (Å²) in [6.07, 6.45) is 0.964. The SMILES string of the molecule is CCNC(=O)CN(CC)C(=O)CN1c2ccccc2C[C@H]1C. The van der Waals surface area contributed by atoms with E-state index >= 15 is 0 Å². The Labute approximate surface area is 132 Å². The van der Waals surface area contributed by atoms with Crippen LogP contribution in [0.3, 0.4) is 0 Å². The highest BCUT2D eigenvalue weighted by molar-refractivity contribution is 5.87. The number of nitrogens with zero attached hydrogens (tertiary/aromatic N) is 2. The monoisotopic (exact) mass is 303 g/mol. The highest BCUT2D eigenvalue weighted by atomic mass is 16.2. The quantitative estimate of drug-likeness (QED) is 0.865. The zero-order valence-electron chi connectivity index (χ0n) is 13.6. The number of likely N-dealkylation sites (N-methyl/N-ethyl adjacent to an activating group) is 2. The van der Waals surface area contributed by atoms with Crippen molar-refractivity contribution >= 4 is 17.5 Å². The van der Waals surface area contributed by atoms with Gasteiger partial charge in [-0.3, -0.25) is 9.59 Å². The Morgan fingerprint density at radius 2 is 2.05 bits per heavy atom. The van der Waals surface area contributed by atoms with Crippen molar-refractivity contribution < 1.29 is 9.59 Å². The van der Waals surface area contributed by atoms with E-state index in [1.165, 1.54) is 5.56 Å². The molecule has 1 N–H and O–H groups in total. The van der Waals surface area contributed by atoms with Crippen molar-refractivity contribution in [3.05, 3.63) is 29.8 Å². The molecule has 0 saturated carbocycles. The minimum absolute atomic E-state index is 0.00249. The molecule has 5 heteroatoms. The van der Waals surface area contributed by atoms with Crippen molar-refractivity contribution in [2.75, 3.05) is 31.1 Å². The average molecular weight is 303 g/mol. The van der Waals surface area contributed by atoms with Gasteiger partial charge in [-0.15, -0.1) is 0 Å². The lowest BCUT2D eigenvalue weighted by molar-refractivity contribution is -0.134. The van der Waals surface area contributed by atoms with Gasteiger partial charge >= 0.3 is 0 Å². The van der Waals surface area contributed by atoms with Gasteiger partial charge in [0.05, 0.1) is 13.1 Å². The number of amides is 2. The highest BCUT2D eigenvalue weighted by Gasteiger charge is 2.28. The molecule has 5 nitrogen and oxygen atoms in total. The van der Waals surface area contributed by atoms with E-state index in [1.54, 1.807) is 4.90 Å². The van der Waals surface area contributed by atoms with Crippen molar-refractivity contribution in [2.45, 2.75) is 33.2 Å². The predicted molar refractivity (Wildman–Crippen MR) is 87.9 cm³/mol. The number of hydrogen-bond donors (Lipinski definition) is 1. The first-order chi connectivity index (χ1) is 10.6. The maximum absolute atomic E-state index is 12.5. The van der Waals surface area contributed by atoms with Gasteiger partial charge in [-0.25, -0.2) is 0 Å². The highest BCUT2D eigenvalue weighted by Crippen LogP contribution is 2.31. The Hall–Kier alpha value is -2.04. The average Bonchev–Trinajstić information content (AvgIpc) is 2.81. The number of carbonyl (C=O) groups excluding carboxylic acids is 2. The molecule has 1 aliphatic heterocycles. The smallest absolute Gasteiger partial charge is 0.242 e. The van der Waals surface area contributed by atoms with E-state index < -0.39 is 0 Å². The first-order valence-corrected chi connectivity index (χ1v) is 7.95. The van der Waals surface area contributed by atoms with E-state index in [0.29, 0.717) is 25.7 Å². The maximum atomic E-state index is 12.5. The van der Waals surface area contributed by atoms with E-state index in [9.17, 15) is 9.59 Å². The van der Waals surface area contributed by atoms with Gasteiger partial charge < -0.3 is 15.1 Å². The third kappa shape index (κ3) is 3.59. The number of rotatable bonds is 6. The zero-order valence-corrected chi connectivity index (χ0v) is 13.6. The Bertz CT molecular complexity index is 544. The lowest BCUT2D eigenvalue weighted by atomic mass is 10.1. The van der Waals surface area contributed by atoms with E-state index in [2.05, 4.69) is 29.3 Å². The molecule has 2 rings (SSSR count). The van der Waals surface area contributed by atoms with Crippen LogP contribution in [0.5, 0.6) is 0 Å². The van der Waals surface area contributed by atoms with Crippen LogP contribution in [0.15, 0.2) is 24.3 Å². The molecule has 0 aliphatic carbocycles. The van der Waals surface area contributed by atoms with Gasteiger partial charge in [0.1, 0.15) is 0 Å². The van der Waals surface area contributed by atoms with Gasteiger partial charge in [0.25, 0.3) is 0 Å². The van der Waals surface area contributed by atoms with Gasteiger partial charge in [0.15, 0.2) is 0 Å². The maximum Gasteiger partial charge on any atom is 0.242 e. The normalized spacial score (nSPS) is 16.3. The second-order valence-corrected chi connectivity index (χ2v) is 5.67. The van der Waals surface area contributed by atoms with Gasteiger partial charge in [0.2, 0.25) is 11.8 Å². The third-order valence-electron chi connectivity index (χ3n) is 4.10. The number of anilines is 1. The fourth-order valence-electron chi connectivity index (χ4n) is 2.92. The van der Waals surface area contributed by atoms with Crippen molar-refractivity contribution in [3.63, 3.8) is 0 Å². The molecule has 120 valence electrons. The fourth-order valence-corrected chi connectivity index (χ4v) is 2.92. The van der Waals surface area contributed by atoms with Crippen molar-refractivity contribution in [2.24, 2.45) is 0 Å². The number of benzene rings is 1. The van der Waals surface area contributed by atoms with Gasteiger partial charge in [-0.1, -0.05) is 18.2 Å². The number of nitrogens with one attached hydrogen (secondary N) is 1. The molecule has 1 heterocycles. The first kappa shape index (κ1) is 16.3. The molecule has 0 fully saturated rings. The molecule has 0 saturated heterocycles. The second kappa shape index (κ2) is 7.29. The van der Waals surface area contributed by atoms with Crippen LogP contribution in [0.2, 0.25) is 0 Å². The summed E-state index contributed by atoms with van der Waals surface area (Å²) < 4.78 is 0. The lowest BCUT2D eigenvalue weighted by Gasteiger charge is -2.28. The molecule has 2 amide bonds. The van der Waals surface area contributed by atoms with E-state index in [-0.39, 0.29) is 18.4 Å². The van der Waals surface area contributed by atoms with Crippen LogP contribution in [-0.2, 0) is 16.0 Å². The summed E-state index contributed by atoms with van der Waals surface area (Å²) in [6.45, 7) is 7.49. The summed E-state index contributed by atoms with van der Waals surface area (Å²) in [7, 11) is 0. The Balaban J connectivity index is 2.03. The number of carbonyl (C=O) groups is 2. The molecule has 22 heavy (non-hydrogen) atoms. The molecule has 1 aromatic rings. The lowest BCUT2D eigenvalue weighted by Crippen LogP contribution is -2.46. The first-order valence-electron chi connectivity index (χ1n) is 7.95. The third-order valence-corrected chi connectivity index (χ3v) is 4.10. The largest absolute Gasteiger partial charge is 0.359 e. The van der Waals surface area contributed by atoms with Crippen molar-refractivity contribution in [3.8, 4) is 0 Å². The van der Waals surface area contributed by atoms with Crippen molar-refractivity contribution in [1.29, 1.82) is 0 Å². The molecule has 0 spiro atoms. The van der Waals surface area contributed by atoms with Gasteiger partial charge in [-0.2, -0.15) is 0 Å². The Kier molecular flexibility index (Phi) is 5.41. The molecule has 0 bridgehead atoms. The summed E-state index contributed by atoms with van der Waals surface area (Å²) >= 11 is 0. The van der Waals surface area contributed by atoms with Crippen LogP contribution in [0.25, 0.3) is 0 Å². The predicted octanol–water partition coefficient (Wildman–Crippen LogP) is 1.42. The molecule has 1 aliphatic rings. The summed E-state index contributed by atoms with van der Waals surface area (Å²) in [5.41, 5.74) is 2.42. The minimum Gasteiger partial charge on any atom is -0.359 e. The van der Waals surface area contributed by atoms with Crippen LogP contribution in [0.1, 0.15) is 26.3 Å². The number of para-hydroxylation sites is 1. The Morgan fingerprint density at radius 1 is 1.32 bits per heavy atom. The van der Waals surface area contributed by atoms with Crippen LogP contribution in [0, 0.1) is 0 Å². The summed E-state index contributed by atoms with van der Waals surface area (Å²) in [5.74, 6) is -0.107. The molecule has 0 unspecified atom stereocenters. The summed E-state index contributed by atoms with van der Waals surface area (Å²) in [6, 6.07) is 8.52. The minimum atomic E-state index is -0.104. The molecule has 0 aromatic heterocycles. The zero-order chi connectivity index (χ0) is 16.1. The van der Waals surface area contributed by atoms with Gasteiger partial charge in [0, 0.05) is 24.8 Å². The molecule has 1 aromatic carbocycles. The van der Waals surface area contributed by atoms with Crippen LogP contribution < -0.4 is 10.2 Å². The summed E-state index contributed by atoms with van der Waals surface area (Å²) in [5, 5.41) is 2.74. The standard InChI is InChI=1S/C17H25N3O2/c1-4-18-16(21)11-19(5-2)17(22)12-20-13(3)10-14-8-6-7-9-15(14)20/h6-9,13H,4-5,10-12H2,1-3H3,(H,18,21)/t13-/m1/s1. The molecule has 1 atom stereocenters. The van der Waals surface area contributed by atoms with Crippen molar-refractivity contribution in [1.82, 2.24) is 10.2 Å². The molecular formula is C17H25N3O2. The van der Waals surface area contributed by atoms with E-state index in [1.807, 2.05) is 26.0 Å². The Morgan fingerprint density at radius 3 is 2.73 bits per heavy atom. The second-order valence-electron chi connectivity index (χ2n) is 5.67. The number of fused-ring (bicyclic) bond motifs is 1. The van der Waals surface area contributed by atoms with Crippen LogP contribution in [0.4, 0.5) is 5.69 Å². The fraction of sp³-hybridized carbons (Fsp3) is 0.529. The topological polar surface area (TPSA) is 52.7 Å². The summed E-state index contributed by atoms with van der Waals surface area (Å²) in [4.78, 5) is 28.0. The van der Waals surface area contributed by atoms with E-state index in [0.717, 1.165) is 12.1 Å². The van der Waals surface area contributed by atoms with Gasteiger partial charge in [-0.05, 0) is 38.8 Å². The molecular weight excluding hydrogens is 278 g/mol. The van der Waals surface area contributed by atoms with E-state index in [4.69, 9.17) is 0 Å². The molecule has 0 radical (unpaired) electrons. The van der Waals surface area contributed by atoms with Crippen LogP contribution >= 0.6 is 0 Å². The van der Waals surface area contributed by atoms with Crippen LogP contribution in [-0.4, -0.2) is 48.9 Å².